The minimum Gasteiger partial charge on any atom is -0.354 e. The molecule has 3 aromatic rings. The summed E-state index contributed by atoms with van der Waals surface area (Å²) in [6, 6.07) is 21.6. The minimum absolute atomic E-state index is 0.218. The van der Waals surface area contributed by atoms with E-state index in [1.807, 2.05) is 54.6 Å². The predicted octanol–water partition coefficient (Wildman–Crippen LogP) is 5.29. The molecule has 0 radical (unpaired) electrons. The Labute approximate surface area is 222 Å². The van der Waals surface area contributed by atoms with Crippen LogP contribution in [0.2, 0.25) is 0 Å². The number of amides is 3. The third-order valence-corrected chi connectivity index (χ3v) is 8.12. The summed E-state index contributed by atoms with van der Waals surface area (Å²) in [5.74, 6) is -0.290. The van der Waals surface area contributed by atoms with Gasteiger partial charge < -0.3 is 25.0 Å². The fourth-order valence-corrected chi connectivity index (χ4v) is 5.78. The van der Waals surface area contributed by atoms with Crippen LogP contribution in [0.25, 0.3) is 11.3 Å². The van der Waals surface area contributed by atoms with Gasteiger partial charge in [-0.05, 0) is 61.9 Å². The highest BCUT2D eigenvalue weighted by Gasteiger charge is 2.33. The third-order valence-electron chi connectivity index (χ3n) is 6.02. The molecule has 0 atom stereocenters. The Hall–Kier alpha value is -3.91. The molecule has 9 nitrogen and oxygen atoms in total. The highest BCUT2D eigenvalue weighted by molar-refractivity contribution is 7.62. The average molecular weight is 535 g/mol. The maximum Gasteiger partial charge on any atom is 0.361 e. The Morgan fingerprint density at radius 1 is 0.974 bits per heavy atom. The van der Waals surface area contributed by atoms with Gasteiger partial charge in [-0.3, -0.25) is 14.3 Å². The summed E-state index contributed by atoms with van der Waals surface area (Å²) in [7, 11) is -0.310. The van der Waals surface area contributed by atoms with Crippen molar-refractivity contribution < 1.29 is 23.2 Å². The Morgan fingerprint density at radius 3 is 2.24 bits per heavy atom. The number of rotatable bonds is 9. The van der Waals surface area contributed by atoms with E-state index in [1.165, 1.54) is 4.90 Å². The van der Waals surface area contributed by atoms with Crippen LogP contribution in [0, 0.1) is 0 Å². The van der Waals surface area contributed by atoms with Crippen LogP contribution in [0.1, 0.15) is 25.0 Å². The molecule has 4 rings (SSSR count). The molecule has 3 N–H and O–H groups in total. The topological polar surface area (TPSA) is 109 Å². The van der Waals surface area contributed by atoms with Crippen molar-refractivity contribution in [2.75, 3.05) is 42.8 Å². The molecule has 0 saturated heterocycles. The molecule has 0 aliphatic carbocycles. The summed E-state index contributed by atoms with van der Waals surface area (Å²) in [6.45, 7) is 3.95. The molecule has 38 heavy (non-hydrogen) atoms. The number of carbonyl (C=O) groups excluding carboxylic acids is 2. The van der Waals surface area contributed by atoms with Crippen molar-refractivity contribution in [1.29, 1.82) is 0 Å². The van der Waals surface area contributed by atoms with Gasteiger partial charge in [0.15, 0.2) is 0 Å². The largest absolute Gasteiger partial charge is 0.361 e. The lowest BCUT2D eigenvalue weighted by atomic mass is 10.00. The summed E-state index contributed by atoms with van der Waals surface area (Å²) < 4.78 is 24.6. The Bertz CT molecular complexity index is 1400. The standard InChI is InChI=1S/C28H31N4O5P/c1-5-36-38(35,37-6-2)22-16-17-24-23(18-22)25(27(33)31-24)26(19-10-8-7-9-11-19)30-20-12-14-21(15-13-20)32(4)28(34)29-3/h7-18,30H,5-6H2,1-4H3,(H,29,34)(H,31,33)/b26-25-. The van der Waals surface area contributed by atoms with Gasteiger partial charge >= 0.3 is 13.6 Å². The molecule has 1 aliphatic heterocycles. The van der Waals surface area contributed by atoms with Gasteiger partial charge in [0.2, 0.25) is 0 Å². The number of anilines is 3. The molecule has 1 heterocycles. The average Bonchev–Trinajstić information content (AvgIpc) is 3.26. The number of hydrogen-bond donors (Lipinski definition) is 3. The number of carbonyl (C=O) groups is 2. The van der Waals surface area contributed by atoms with Crippen molar-refractivity contribution >= 4 is 53.2 Å². The number of fused-ring (bicyclic) bond motifs is 1. The lowest BCUT2D eigenvalue weighted by molar-refractivity contribution is -0.110. The van der Waals surface area contributed by atoms with Gasteiger partial charge in [-0.15, -0.1) is 0 Å². The molecular weight excluding hydrogens is 503 g/mol. The summed E-state index contributed by atoms with van der Waals surface area (Å²) in [4.78, 5) is 26.8. The number of nitrogens with one attached hydrogen (secondary N) is 3. The van der Waals surface area contributed by atoms with Crippen molar-refractivity contribution in [2.24, 2.45) is 0 Å². The van der Waals surface area contributed by atoms with Crippen molar-refractivity contribution in [1.82, 2.24) is 5.32 Å². The van der Waals surface area contributed by atoms with Gasteiger partial charge in [0.05, 0.1) is 29.8 Å². The SMILES string of the molecule is CCOP(=O)(OCC)c1ccc2c(c1)/C(=C(/Nc1ccc(N(C)C(=O)NC)cc1)c1ccccc1)C(=O)N2. The van der Waals surface area contributed by atoms with E-state index in [-0.39, 0.29) is 25.2 Å². The third kappa shape index (κ3) is 5.50. The molecule has 1 aliphatic rings. The fourth-order valence-electron chi connectivity index (χ4n) is 4.18. The minimum atomic E-state index is -3.56. The smallest absolute Gasteiger partial charge is 0.354 e. The second kappa shape index (κ2) is 11.6. The number of nitrogens with zero attached hydrogens (tertiary/aromatic N) is 1. The zero-order valence-corrected chi connectivity index (χ0v) is 22.7. The number of urea groups is 1. The maximum absolute atomic E-state index is 13.5. The number of hydrogen-bond acceptors (Lipinski definition) is 6. The van der Waals surface area contributed by atoms with Gasteiger partial charge in [-0.2, -0.15) is 0 Å². The normalized spacial score (nSPS) is 13.9. The monoisotopic (exact) mass is 534 g/mol. The molecule has 3 amide bonds. The summed E-state index contributed by atoms with van der Waals surface area (Å²) in [6.07, 6.45) is 0. The molecule has 198 valence electrons. The molecule has 0 aromatic heterocycles. The van der Waals surface area contributed by atoms with Crippen LogP contribution >= 0.6 is 7.60 Å². The summed E-state index contributed by atoms with van der Waals surface area (Å²) >= 11 is 0. The highest BCUT2D eigenvalue weighted by atomic mass is 31.2. The lowest BCUT2D eigenvalue weighted by Crippen LogP contribution is -2.34. The van der Waals surface area contributed by atoms with Crippen LogP contribution in [0.15, 0.2) is 72.8 Å². The fraction of sp³-hybridized carbons (Fsp3) is 0.214. The van der Waals surface area contributed by atoms with E-state index in [1.54, 1.807) is 46.1 Å². The molecule has 0 fully saturated rings. The molecule has 0 saturated carbocycles. The molecule has 0 unspecified atom stereocenters. The quantitative estimate of drug-likeness (QED) is 0.254. The molecule has 0 bridgehead atoms. The van der Waals surface area contributed by atoms with E-state index < -0.39 is 7.60 Å². The predicted molar refractivity (Wildman–Crippen MR) is 152 cm³/mol. The second-order valence-electron chi connectivity index (χ2n) is 8.42. The van der Waals surface area contributed by atoms with E-state index in [0.29, 0.717) is 33.5 Å². The number of benzene rings is 3. The molecule has 3 aromatic carbocycles. The van der Waals surface area contributed by atoms with Crippen LogP contribution in [-0.4, -0.2) is 39.2 Å². The van der Waals surface area contributed by atoms with Crippen LogP contribution in [0.3, 0.4) is 0 Å². The van der Waals surface area contributed by atoms with Gasteiger partial charge in [0.25, 0.3) is 5.91 Å². The first-order chi connectivity index (χ1) is 18.3. The maximum atomic E-state index is 13.5. The first kappa shape index (κ1) is 27.1. The first-order valence-electron chi connectivity index (χ1n) is 12.3. The van der Waals surface area contributed by atoms with E-state index >= 15 is 0 Å². The zero-order valence-electron chi connectivity index (χ0n) is 21.8. The van der Waals surface area contributed by atoms with Crippen molar-refractivity contribution in [3.05, 3.63) is 83.9 Å². The Balaban J connectivity index is 1.81. The van der Waals surface area contributed by atoms with E-state index in [0.717, 1.165) is 11.3 Å². The molecule has 10 heteroatoms. The van der Waals surface area contributed by atoms with E-state index in [4.69, 9.17) is 9.05 Å². The Kier molecular flexibility index (Phi) is 8.32. The van der Waals surface area contributed by atoms with Gasteiger partial charge in [0.1, 0.15) is 0 Å². The molecule has 0 spiro atoms. The van der Waals surface area contributed by atoms with Crippen molar-refractivity contribution in [2.45, 2.75) is 13.8 Å². The van der Waals surface area contributed by atoms with Gasteiger partial charge in [0, 0.05) is 36.7 Å². The van der Waals surface area contributed by atoms with Crippen LogP contribution in [0.5, 0.6) is 0 Å². The summed E-state index contributed by atoms with van der Waals surface area (Å²) in [5, 5.41) is 9.28. The van der Waals surface area contributed by atoms with E-state index in [2.05, 4.69) is 16.0 Å². The van der Waals surface area contributed by atoms with Crippen molar-refractivity contribution in [3.63, 3.8) is 0 Å². The van der Waals surface area contributed by atoms with E-state index in [9.17, 15) is 14.2 Å². The van der Waals surface area contributed by atoms with Crippen LogP contribution in [0.4, 0.5) is 21.9 Å². The molecular formula is C28H31N4O5P. The van der Waals surface area contributed by atoms with Crippen molar-refractivity contribution in [3.8, 4) is 0 Å². The zero-order chi connectivity index (χ0) is 27.3. The Morgan fingerprint density at radius 2 is 1.63 bits per heavy atom. The summed E-state index contributed by atoms with van der Waals surface area (Å²) in [5.41, 5.74) is 4.39. The lowest BCUT2D eigenvalue weighted by Gasteiger charge is -2.19. The van der Waals surface area contributed by atoms with Crippen LogP contribution in [-0.2, 0) is 18.4 Å². The highest BCUT2D eigenvalue weighted by Crippen LogP contribution is 2.48. The van der Waals surface area contributed by atoms with Crippen LogP contribution < -0.4 is 26.2 Å². The first-order valence-corrected chi connectivity index (χ1v) is 13.8. The van der Waals surface area contributed by atoms with Gasteiger partial charge in [-0.1, -0.05) is 30.3 Å². The van der Waals surface area contributed by atoms with Gasteiger partial charge in [-0.25, -0.2) is 4.79 Å². The second-order valence-corrected chi connectivity index (χ2v) is 10.4.